The number of nitrogens with zero attached hydrogens (tertiary/aromatic N) is 2. The number of hydrogen-bond acceptors (Lipinski definition) is 3. The summed E-state index contributed by atoms with van der Waals surface area (Å²) in [4.78, 5) is 5.39. The van der Waals surface area contributed by atoms with E-state index in [9.17, 15) is 0 Å². The van der Waals surface area contributed by atoms with Crippen molar-refractivity contribution in [2.45, 2.75) is 46.1 Å². The SMILES string of the molecule is CC(C)CN(CC(C)C)C1(CN)CN2CCC1CC2. The van der Waals surface area contributed by atoms with Gasteiger partial charge in [-0.05, 0) is 43.7 Å². The molecule has 0 spiro atoms. The van der Waals surface area contributed by atoms with Gasteiger partial charge in [0.15, 0.2) is 0 Å². The zero-order valence-electron chi connectivity index (χ0n) is 13.4. The number of hydrogen-bond donors (Lipinski definition) is 1. The van der Waals surface area contributed by atoms with Crippen LogP contribution in [0, 0.1) is 17.8 Å². The van der Waals surface area contributed by atoms with Gasteiger partial charge in [-0.25, -0.2) is 0 Å². The molecule has 3 aliphatic rings. The quantitative estimate of drug-likeness (QED) is 0.799. The van der Waals surface area contributed by atoms with E-state index in [0.717, 1.165) is 24.3 Å². The molecule has 3 rings (SSSR count). The molecule has 3 nitrogen and oxygen atoms in total. The highest BCUT2D eigenvalue weighted by atomic mass is 15.3. The second-order valence-electron chi connectivity index (χ2n) is 7.55. The van der Waals surface area contributed by atoms with Crippen molar-refractivity contribution in [2.24, 2.45) is 23.5 Å². The highest BCUT2D eigenvalue weighted by Gasteiger charge is 2.49. The van der Waals surface area contributed by atoms with E-state index >= 15 is 0 Å². The van der Waals surface area contributed by atoms with Gasteiger partial charge in [-0.1, -0.05) is 27.7 Å². The van der Waals surface area contributed by atoms with Crippen LogP contribution in [0.15, 0.2) is 0 Å². The molecular formula is C16H33N3. The van der Waals surface area contributed by atoms with Crippen LogP contribution in [0.5, 0.6) is 0 Å². The Balaban J connectivity index is 2.19. The summed E-state index contributed by atoms with van der Waals surface area (Å²) in [6, 6.07) is 0. The van der Waals surface area contributed by atoms with E-state index in [1.807, 2.05) is 0 Å². The molecule has 0 aromatic rings. The lowest BCUT2D eigenvalue weighted by Gasteiger charge is -2.58. The minimum Gasteiger partial charge on any atom is -0.329 e. The summed E-state index contributed by atoms with van der Waals surface area (Å²) in [5.41, 5.74) is 6.56. The third kappa shape index (κ3) is 3.14. The molecule has 19 heavy (non-hydrogen) atoms. The predicted octanol–water partition coefficient (Wildman–Crippen LogP) is 2.02. The zero-order valence-corrected chi connectivity index (χ0v) is 13.4. The molecule has 3 heterocycles. The second-order valence-corrected chi connectivity index (χ2v) is 7.55. The van der Waals surface area contributed by atoms with Crippen molar-refractivity contribution >= 4 is 0 Å². The van der Waals surface area contributed by atoms with Crippen LogP contribution in [0.3, 0.4) is 0 Å². The molecule has 0 aliphatic carbocycles. The molecule has 3 aliphatic heterocycles. The lowest BCUT2D eigenvalue weighted by atomic mass is 9.71. The Morgan fingerprint density at radius 1 is 1.11 bits per heavy atom. The summed E-state index contributed by atoms with van der Waals surface area (Å²) >= 11 is 0. The molecule has 3 saturated heterocycles. The van der Waals surface area contributed by atoms with Gasteiger partial charge in [0.25, 0.3) is 0 Å². The van der Waals surface area contributed by atoms with Crippen LogP contribution in [-0.2, 0) is 0 Å². The summed E-state index contributed by atoms with van der Waals surface area (Å²) in [7, 11) is 0. The molecule has 0 aromatic carbocycles. The first-order valence-electron chi connectivity index (χ1n) is 8.15. The summed E-state index contributed by atoms with van der Waals surface area (Å²) in [5.74, 6) is 2.26. The van der Waals surface area contributed by atoms with Crippen LogP contribution in [0.2, 0.25) is 0 Å². The van der Waals surface area contributed by atoms with Gasteiger partial charge >= 0.3 is 0 Å². The Labute approximate surface area is 119 Å². The second kappa shape index (κ2) is 6.11. The van der Waals surface area contributed by atoms with Crippen molar-refractivity contribution in [1.82, 2.24) is 9.80 Å². The van der Waals surface area contributed by atoms with Gasteiger partial charge < -0.3 is 10.6 Å². The molecule has 1 atom stereocenters. The fraction of sp³-hybridized carbons (Fsp3) is 1.00. The maximum Gasteiger partial charge on any atom is 0.0487 e. The molecule has 0 aromatic heterocycles. The lowest BCUT2D eigenvalue weighted by molar-refractivity contribution is -0.0753. The van der Waals surface area contributed by atoms with E-state index in [0.29, 0.717) is 0 Å². The van der Waals surface area contributed by atoms with E-state index in [-0.39, 0.29) is 5.54 Å². The average Bonchev–Trinajstić information content (AvgIpc) is 2.38. The molecule has 1 unspecified atom stereocenters. The van der Waals surface area contributed by atoms with Crippen molar-refractivity contribution in [3.8, 4) is 0 Å². The highest BCUT2D eigenvalue weighted by molar-refractivity contribution is 5.06. The molecule has 2 N–H and O–H groups in total. The third-order valence-electron chi connectivity index (χ3n) is 5.00. The average molecular weight is 267 g/mol. The maximum atomic E-state index is 6.31. The first-order valence-corrected chi connectivity index (χ1v) is 8.15. The fourth-order valence-electron chi connectivity index (χ4n) is 4.18. The van der Waals surface area contributed by atoms with Crippen molar-refractivity contribution in [1.29, 1.82) is 0 Å². The van der Waals surface area contributed by atoms with Gasteiger partial charge in [0.2, 0.25) is 0 Å². The lowest BCUT2D eigenvalue weighted by Crippen LogP contribution is -2.70. The van der Waals surface area contributed by atoms with Gasteiger partial charge in [0.05, 0.1) is 0 Å². The molecule has 2 bridgehead atoms. The minimum absolute atomic E-state index is 0.255. The van der Waals surface area contributed by atoms with Crippen molar-refractivity contribution in [2.75, 3.05) is 39.3 Å². The molecule has 112 valence electrons. The first kappa shape index (κ1) is 15.3. The van der Waals surface area contributed by atoms with Crippen molar-refractivity contribution in [3.63, 3.8) is 0 Å². The van der Waals surface area contributed by atoms with E-state index in [4.69, 9.17) is 5.73 Å². The van der Waals surface area contributed by atoms with E-state index in [1.54, 1.807) is 0 Å². The largest absolute Gasteiger partial charge is 0.329 e. The first-order chi connectivity index (χ1) is 8.98. The van der Waals surface area contributed by atoms with Gasteiger partial charge in [-0.15, -0.1) is 0 Å². The van der Waals surface area contributed by atoms with Gasteiger partial charge in [0.1, 0.15) is 0 Å². The van der Waals surface area contributed by atoms with E-state index in [2.05, 4.69) is 37.5 Å². The van der Waals surface area contributed by atoms with Gasteiger partial charge in [-0.3, -0.25) is 4.90 Å². The van der Waals surface area contributed by atoms with Crippen LogP contribution in [0.4, 0.5) is 0 Å². The number of piperidine rings is 3. The van der Waals surface area contributed by atoms with Crippen molar-refractivity contribution in [3.05, 3.63) is 0 Å². The number of nitrogens with two attached hydrogens (primary N) is 1. The Kier molecular flexibility index (Phi) is 4.91. The fourth-order valence-corrected chi connectivity index (χ4v) is 4.18. The van der Waals surface area contributed by atoms with Crippen LogP contribution in [-0.4, -0.2) is 54.6 Å². The van der Waals surface area contributed by atoms with Crippen LogP contribution in [0.25, 0.3) is 0 Å². The molecule has 3 fully saturated rings. The zero-order chi connectivity index (χ0) is 14.0. The number of fused-ring (bicyclic) bond motifs is 3. The van der Waals surface area contributed by atoms with Crippen molar-refractivity contribution < 1.29 is 0 Å². The van der Waals surface area contributed by atoms with Gasteiger partial charge in [-0.2, -0.15) is 0 Å². The monoisotopic (exact) mass is 267 g/mol. The maximum absolute atomic E-state index is 6.31. The Bertz CT molecular complexity index is 272. The van der Waals surface area contributed by atoms with Crippen LogP contribution in [0.1, 0.15) is 40.5 Å². The van der Waals surface area contributed by atoms with E-state index in [1.165, 1.54) is 45.6 Å². The summed E-state index contributed by atoms with van der Waals surface area (Å²) < 4.78 is 0. The van der Waals surface area contributed by atoms with Gasteiger partial charge in [0, 0.05) is 31.7 Å². The molecular weight excluding hydrogens is 234 g/mol. The normalized spacial score (nSPS) is 34.7. The third-order valence-corrected chi connectivity index (χ3v) is 5.00. The summed E-state index contributed by atoms with van der Waals surface area (Å²) in [6.07, 6.45) is 2.70. The van der Waals surface area contributed by atoms with Crippen LogP contribution < -0.4 is 5.73 Å². The predicted molar refractivity (Wildman–Crippen MR) is 82.2 cm³/mol. The topological polar surface area (TPSA) is 32.5 Å². The van der Waals surface area contributed by atoms with E-state index < -0.39 is 0 Å². The Hall–Kier alpha value is -0.120. The summed E-state index contributed by atoms with van der Waals surface area (Å²) in [6.45, 7) is 16.3. The summed E-state index contributed by atoms with van der Waals surface area (Å²) in [5, 5.41) is 0. The Morgan fingerprint density at radius 3 is 1.95 bits per heavy atom. The minimum atomic E-state index is 0.255. The standard InChI is InChI=1S/C16H33N3/c1-13(2)9-19(10-14(3)4)16(11-17)12-18-7-5-15(16)6-8-18/h13-15H,5-12,17H2,1-4H3. The smallest absolute Gasteiger partial charge is 0.0487 e. The number of rotatable bonds is 6. The van der Waals surface area contributed by atoms with Crippen LogP contribution >= 0.6 is 0 Å². The molecule has 3 heteroatoms. The molecule has 0 radical (unpaired) electrons. The molecule has 0 saturated carbocycles. The highest BCUT2D eigenvalue weighted by Crippen LogP contribution is 2.39. The Morgan fingerprint density at radius 2 is 1.63 bits per heavy atom. The molecule has 0 amide bonds.